The summed E-state index contributed by atoms with van der Waals surface area (Å²) in [6, 6.07) is 0. The first-order valence-electron chi connectivity index (χ1n) is 5.75. The van der Waals surface area contributed by atoms with Gasteiger partial charge in [0.25, 0.3) is 0 Å². The van der Waals surface area contributed by atoms with Gasteiger partial charge in [0.2, 0.25) is 11.8 Å². The molecule has 3 rings (SSSR count). The normalized spacial score (nSPS) is 19.3. The number of hydrogen-bond donors (Lipinski definition) is 3. The van der Waals surface area contributed by atoms with Crippen molar-refractivity contribution < 1.29 is 9.47 Å². The Morgan fingerprint density at radius 3 is 3.28 bits per heavy atom. The minimum Gasteiger partial charge on any atom is -0.477 e. The van der Waals surface area contributed by atoms with Crippen LogP contribution in [0.1, 0.15) is 6.42 Å². The number of nitrogens with one attached hydrogen (secondary N) is 2. The average Bonchev–Trinajstić information content (AvgIpc) is 3.06. The van der Waals surface area contributed by atoms with Gasteiger partial charge in [-0.1, -0.05) is 0 Å². The third kappa shape index (κ3) is 2.07. The van der Waals surface area contributed by atoms with Crippen LogP contribution in [0.25, 0.3) is 11.0 Å². The molecule has 2 aromatic rings. The van der Waals surface area contributed by atoms with E-state index in [1.807, 2.05) is 0 Å². The van der Waals surface area contributed by atoms with E-state index in [-0.39, 0.29) is 0 Å². The molecule has 0 spiro atoms. The van der Waals surface area contributed by atoms with E-state index in [0.29, 0.717) is 30.0 Å². The van der Waals surface area contributed by atoms with Crippen LogP contribution in [0.15, 0.2) is 6.20 Å². The van der Waals surface area contributed by atoms with E-state index in [1.165, 1.54) is 0 Å². The maximum Gasteiger partial charge on any atom is 0.242 e. The number of anilines is 1. The molecule has 0 saturated carbocycles. The van der Waals surface area contributed by atoms with Gasteiger partial charge in [-0.3, -0.25) is 10.5 Å². The van der Waals surface area contributed by atoms with Crippen LogP contribution in [0.3, 0.4) is 0 Å². The summed E-state index contributed by atoms with van der Waals surface area (Å²) in [7, 11) is 0. The molecule has 0 amide bonds. The zero-order chi connectivity index (χ0) is 12.4. The van der Waals surface area contributed by atoms with Crippen molar-refractivity contribution in [1.82, 2.24) is 20.2 Å². The lowest BCUT2D eigenvalue weighted by Gasteiger charge is -2.10. The van der Waals surface area contributed by atoms with Gasteiger partial charge < -0.3 is 9.47 Å². The summed E-state index contributed by atoms with van der Waals surface area (Å²) >= 11 is 0. The van der Waals surface area contributed by atoms with Gasteiger partial charge in [0.15, 0.2) is 5.65 Å². The summed E-state index contributed by atoms with van der Waals surface area (Å²) in [4.78, 5) is 8.31. The monoisotopic (exact) mass is 250 g/mol. The van der Waals surface area contributed by atoms with Gasteiger partial charge in [-0.2, -0.15) is 15.1 Å². The Balaban J connectivity index is 1.82. The molecule has 1 fully saturated rings. The average molecular weight is 250 g/mol. The second-order valence-corrected chi connectivity index (χ2v) is 4.17. The summed E-state index contributed by atoms with van der Waals surface area (Å²) in [6.07, 6.45) is 2.65. The Bertz CT molecular complexity index is 536. The number of H-pyrrole nitrogens is 1. The Morgan fingerprint density at radius 2 is 2.50 bits per heavy atom. The van der Waals surface area contributed by atoms with Crippen LogP contribution >= 0.6 is 0 Å². The Kier molecular flexibility index (Phi) is 2.95. The number of fused-ring (bicyclic) bond motifs is 1. The molecule has 96 valence electrons. The number of nitrogens with two attached hydrogens (primary N) is 1. The summed E-state index contributed by atoms with van der Waals surface area (Å²) in [5, 5.41) is 7.42. The third-order valence-corrected chi connectivity index (χ3v) is 2.88. The first-order chi connectivity index (χ1) is 8.86. The molecule has 0 aromatic carbocycles. The SMILES string of the molecule is NNc1nc(OCC2CCOC2)c2cn[nH]c2n1. The number of hydrogen-bond acceptors (Lipinski definition) is 7. The van der Waals surface area contributed by atoms with Crippen molar-refractivity contribution in [3.63, 3.8) is 0 Å². The minimum atomic E-state index is 0.296. The zero-order valence-electron chi connectivity index (χ0n) is 9.72. The second-order valence-electron chi connectivity index (χ2n) is 4.17. The van der Waals surface area contributed by atoms with Gasteiger partial charge in [-0.15, -0.1) is 0 Å². The van der Waals surface area contributed by atoms with Crippen LogP contribution in [0.2, 0.25) is 0 Å². The van der Waals surface area contributed by atoms with E-state index >= 15 is 0 Å². The number of rotatable bonds is 4. The van der Waals surface area contributed by atoms with Gasteiger partial charge >= 0.3 is 0 Å². The quantitative estimate of drug-likeness (QED) is 0.519. The predicted molar refractivity (Wildman–Crippen MR) is 63.9 cm³/mol. The molecular formula is C10H14N6O2. The molecule has 18 heavy (non-hydrogen) atoms. The molecule has 0 bridgehead atoms. The van der Waals surface area contributed by atoms with Gasteiger partial charge in [-0.05, 0) is 6.42 Å². The van der Waals surface area contributed by atoms with Crippen molar-refractivity contribution in [2.75, 3.05) is 25.2 Å². The fourth-order valence-electron chi connectivity index (χ4n) is 1.89. The van der Waals surface area contributed by atoms with Crippen molar-refractivity contribution in [2.45, 2.75) is 6.42 Å². The first-order valence-corrected chi connectivity index (χ1v) is 5.75. The third-order valence-electron chi connectivity index (χ3n) is 2.88. The van der Waals surface area contributed by atoms with Gasteiger partial charge in [0, 0.05) is 12.5 Å². The van der Waals surface area contributed by atoms with Gasteiger partial charge in [0.1, 0.15) is 5.39 Å². The number of hydrazine groups is 1. The maximum atomic E-state index is 5.72. The summed E-state index contributed by atoms with van der Waals surface area (Å²) in [6.45, 7) is 2.11. The highest BCUT2D eigenvalue weighted by molar-refractivity contribution is 5.80. The number of ether oxygens (including phenoxy) is 2. The van der Waals surface area contributed by atoms with Crippen molar-refractivity contribution in [3.05, 3.63) is 6.20 Å². The molecule has 0 radical (unpaired) electrons. The van der Waals surface area contributed by atoms with E-state index in [2.05, 4.69) is 25.6 Å². The van der Waals surface area contributed by atoms with Crippen LogP contribution in [0.4, 0.5) is 5.95 Å². The van der Waals surface area contributed by atoms with Gasteiger partial charge in [-0.25, -0.2) is 5.84 Å². The van der Waals surface area contributed by atoms with E-state index in [0.717, 1.165) is 25.0 Å². The molecule has 1 aliphatic rings. The lowest BCUT2D eigenvalue weighted by atomic mass is 10.1. The topological polar surface area (TPSA) is 111 Å². The molecule has 1 saturated heterocycles. The fraction of sp³-hybridized carbons (Fsp3) is 0.500. The molecule has 8 nitrogen and oxygen atoms in total. The largest absolute Gasteiger partial charge is 0.477 e. The number of aromatic amines is 1. The smallest absolute Gasteiger partial charge is 0.242 e. The predicted octanol–water partition coefficient (Wildman–Crippen LogP) is 0.0538. The van der Waals surface area contributed by atoms with Crippen LogP contribution in [-0.4, -0.2) is 40.0 Å². The molecule has 4 N–H and O–H groups in total. The van der Waals surface area contributed by atoms with Crippen LogP contribution in [0.5, 0.6) is 5.88 Å². The van der Waals surface area contributed by atoms with Crippen molar-refractivity contribution in [3.8, 4) is 5.88 Å². The molecule has 1 aliphatic heterocycles. The lowest BCUT2D eigenvalue weighted by molar-refractivity contribution is 0.166. The van der Waals surface area contributed by atoms with E-state index < -0.39 is 0 Å². The van der Waals surface area contributed by atoms with Crippen LogP contribution < -0.4 is 16.0 Å². The number of nitrogens with zero attached hydrogens (tertiary/aromatic N) is 3. The number of nitrogen functional groups attached to an aromatic ring is 1. The summed E-state index contributed by atoms with van der Waals surface area (Å²) in [5.41, 5.74) is 3.00. The number of aromatic nitrogens is 4. The Labute approximate surface area is 103 Å². The maximum absolute atomic E-state index is 5.72. The molecule has 2 aromatic heterocycles. The van der Waals surface area contributed by atoms with E-state index in [9.17, 15) is 0 Å². The Hall–Kier alpha value is -1.93. The Morgan fingerprint density at radius 1 is 1.56 bits per heavy atom. The molecule has 3 heterocycles. The highest BCUT2D eigenvalue weighted by atomic mass is 16.5. The highest BCUT2D eigenvalue weighted by Gasteiger charge is 2.18. The van der Waals surface area contributed by atoms with Crippen LogP contribution in [-0.2, 0) is 4.74 Å². The molecule has 8 heteroatoms. The molecule has 1 atom stereocenters. The van der Waals surface area contributed by atoms with Crippen molar-refractivity contribution in [2.24, 2.45) is 11.8 Å². The standard InChI is InChI=1S/C10H14N6O2/c11-15-10-13-8-7(3-12-16-8)9(14-10)18-5-6-1-2-17-4-6/h3,6H,1-2,4-5,11H2,(H2,12,13,14,15,16). The second kappa shape index (κ2) is 4.75. The van der Waals surface area contributed by atoms with E-state index in [1.54, 1.807) is 6.20 Å². The molecular weight excluding hydrogens is 236 g/mol. The highest BCUT2D eigenvalue weighted by Crippen LogP contribution is 2.23. The van der Waals surface area contributed by atoms with Crippen LogP contribution in [0, 0.1) is 5.92 Å². The molecule has 1 unspecified atom stereocenters. The minimum absolute atomic E-state index is 0.296. The zero-order valence-corrected chi connectivity index (χ0v) is 9.72. The van der Waals surface area contributed by atoms with Crippen molar-refractivity contribution in [1.29, 1.82) is 0 Å². The van der Waals surface area contributed by atoms with Gasteiger partial charge in [0.05, 0.1) is 19.4 Å². The fourth-order valence-corrected chi connectivity index (χ4v) is 1.89. The summed E-state index contributed by atoms with van der Waals surface area (Å²) < 4.78 is 11.0. The summed E-state index contributed by atoms with van der Waals surface area (Å²) in [5.74, 6) is 6.50. The van der Waals surface area contributed by atoms with E-state index in [4.69, 9.17) is 15.3 Å². The first kappa shape index (κ1) is 11.2. The lowest BCUT2D eigenvalue weighted by Crippen LogP contribution is -2.14. The molecule has 0 aliphatic carbocycles. The van der Waals surface area contributed by atoms with Crippen molar-refractivity contribution >= 4 is 17.0 Å².